The maximum Gasteiger partial charge on any atom is 0.253 e. The molecule has 2 N–H and O–H groups in total. The van der Waals surface area contributed by atoms with E-state index in [2.05, 4.69) is 0 Å². The number of hydrogen-bond acceptors (Lipinski definition) is 5. The Bertz CT molecular complexity index is 639. The van der Waals surface area contributed by atoms with E-state index in [1.165, 1.54) is 0 Å². The van der Waals surface area contributed by atoms with Crippen LogP contribution in [-0.4, -0.2) is 74.7 Å². The molecule has 2 heterocycles. The van der Waals surface area contributed by atoms with E-state index in [0.717, 1.165) is 5.75 Å². The van der Waals surface area contributed by atoms with E-state index < -0.39 is 5.41 Å². The van der Waals surface area contributed by atoms with Crippen LogP contribution < -0.4 is 10.5 Å². The van der Waals surface area contributed by atoms with Crippen molar-refractivity contribution in [3.8, 4) is 5.75 Å². The van der Waals surface area contributed by atoms with Crippen LogP contribution in [0, 0.1) is 5.41 Å². The number of hydrogen-bond donors (Lipinski definition) is 1. The van der Waals surface area contributed by atoms with Gasteiger partial charge in [-0.1, -0.05) is 0 Å². The van der Waals surface area contributed by atoms with E-state index >= 15 is 0 Å². The highest BCUT2D eigenvalue weighted by atomic mass is 35.5. The summed E-state index contributed by atoms with van der Waals surface area (Å²) in [6, 6.07) is 7.10. The minimum Gasteiger partial charge on any atom is -0.497 e. The number of nitrogens with zero attached hydrogens (tertiary/aromatic N) is 2. The van der Waals surface area contributed by atoms with E-state index in [0.29, 0.717) is 64.3 Å². The molecule has 0 spiro atoms. The Morgan fingerprint density at radius 1 is 1.07 bits per heavy atom. The molecule has 0 atom stereocenters. The number of piperazine rings is 1. The topological polar surface area (TPSA) is 85.1 Å². The number of ether oxygens (including phenoxy) is 2. The molecule has 2 fully saturated rings. The summed E-state index contributed by atoms with van der Waals surface area (Å²) in [5.41, 5.74) is 6.08. The summed E-state index contributed by atoms with van der Waals surface area (Å²) in [5, 5.41) is 0. The van der Waals surface area contributed by atoms with E-state index in [-0.39, 0.29) is 24.2 Å². The third-order valence-corrected chi connectivity index (χ3v) is 5.49. The molecule has 2 aliphatic heterocycles. The first kappa shape index (κ1) is 21.5. The third-order valence-electron chi connectivity index (χ3n) is 5.49. The van der Waals surface area contributed by atoms with Gasteiger partial charge in [-0.05, 0) is 37.1 Å². The molecule has 3 rings (SSSR count). The molecule has 0 aromatic heterocycles. The van der Waals surface area contributed by atoms with Crippen LogP contribution in [0.15, 0.2) is 24.3 Å². The Morgan fingerprint density at radius 2 is 1.63 bits per heavy atom. The van der Waals surface area contributed by atoms with Crippen LogP contribution in [0.3, 0.4) is 0 Å². The van der Waals surface area contributed by atoms with Crippen molar-refractivity contribution in [2.45, 2.75) is 12.8 Å². The smallest absolute Gasteiger partial charge is 0.253 e. The minimum absolute atomic E-state index is 0. The maximum atomic E-state index is 13.0. The van der Waals surface area contributed by atoms with Crippen molar-refractivity contribution < 1.29 is 19.1 Å². The summed E-state index contributed by atoms with van der Waals surface area (Å²) < 4.78 is 10.5. The number of nitrogens with two attached hydrogens (primary N) is 1. The fourth-order valence-corrected chi connectivity index (χ4v) is 3.63. The first-order chi connectivity index (χ1) is 12.6. The van der Waals surface area contributed by atoms with E-state index in [1.807, 2.05) is 4.90 Å². The van der Waals surface area contributed by atoms with Gasteiger partial charge in [0, 0.05) is 51.5 Å². The van der Waals surface area contributed by atoms with Crippen molar-refractivity contribution in [1.82, 2.24) is 9.80 Å². The number of amides is 2. The SMILES string of the molecule is COc1ccc(C(=O)N2CCN(C(=O)C3(CN)CCOCC3)CC2)cc1.Cl. The van der Waals surface area contributed by atoms with Crippen molar-refractivity contribution in [3.05, 3.63) is 29.8 Å². The Balaban J connectivity index is 0.00000261. The van der Waals surface area contributed by atoms with Gasteiger partial charge in [0.2, 0.25) is 5.91 Å². The average Bonchev–Trinajstić information content (AvgIpc) is 2.73. The molecule has 2 aliphatic rings. The molecule has 2 amide bonds. The first-order valence-electron chi connectivity index (χ1n) is 9.10. The molecular formula is C19H28ClN3O4. The van der Waals surface area contributed by atoms with Crippen molar-refractivity contribution in [3.63, 3.8) is 0 Å². The molecule has 0 unspecified atom stereocenters. The van der Waals surface area contributed by atoms with Crippen molar-refractivity contribution in [2.75, 3.05) is 53.0 Å². The van der Waals surface area contributed by atoms with Crippen molar-refractivity contribution in [2.24, 2.45) is 11.1 Å². The predicted octanol–water partition coefficient (Wildman–Crippen LogP) is 1.16. The molecule has 0 saturated carbocycles. The van der Waals surface area contributed by atoms with E-state index in [4.69, 9.17) is 15.2 Å². The van der Waals surface area contributed by atoms with Crippen molar-refractivity contribution in [1.29, 1.82) is 0 Å². The lowest BCUT2D eigenvalue weighted by Crippen LogP contribution is -2.57. The van der Waals surface area contributed by atoms with Crippen LogP contribution in [0.1, 0.15) is 23.2 Å². The van der Waals surface area contributed by atoms with Gasteiger partial charge in [0.15, 0.2) is 0 Å². The van der Waals surface area contributed by atoms with E-state index in [9.17, 15) is 9.59 Å². The lowest BCUT2D eigenvalue weighted by molar-refractivity contribution is -0.148. The molecule has 150 valence electrons. The number of methoxy groups -OCH3 is 1. The van der Waals surface area contributed by atoms with Crippen LogP contribution >= 0.6 is 12.4 Å². The average molecular weight is 398 g/mol. The second-order valence-electron chi connectivity index (χ2n) is 6.91. The zero-order valence-electron chi connectivity index (χ0n) is 15.7. The highest BCUT2D eigenvalue weighted by molar-refractivity contribution is 5.94. The highest BCUT2D eigenvalue weighted by Gasteiger charge is 2.42. The summed E-state index contributed by atoms with van der Waals surface area (Å²) in [7, 11) is 1.60. The molecular weight excluding hydrogens is 370 g/mol. The van der Waals surface area contributed by atoms with Crippen LogP contribution in [0.5, 0.6) is 5.75 Å². The van der Waals surface area contributed by atoms with Gasteiger partial charge in [-0.3, -0.25) is 9.59 Å². The molecule has 7 nitrogen and oxygen atoms in total. The highest BCUT2D eigenvalue weighted by Crippen LogP contribution is 2.32. The molecule has 8 heteroatoms. The van der Waals surface area contributed by atoms with Gasteiger partial charge in [-0.2, -0.15) is 0 Å². The second-order valence-corrected chi connectivity index (χ2v) is 6.91. The number of benzene rings is 1. The quantitative estimate of drug-likeness (QED) is 0.824. The van der Waals surface area contributed by atoms with E-state index in [1.54, 1.807) is 36.3 Å². The lowest BCUT2D eigenvalue weighted by atomic mass is 9.78. The molecule has 1 aromatic carbocycles. The number of carbonyl (C=O) groups excluding carboxylic acids is 2. The van der Waals surface area contributed by atoms with Crippen LogP contribution in [0.4, 0.5) is 0 Å². The molecule has 27 heavy (non-hydrogen) atoms. The molecule has 0 radical (unpaired) electrons. The summed E-state index contributed by atoms with van der Waals surface area (Å²) in [6.07, 6.45) is 1.35. The zero-order chi connectivity index (χ0) is 18.6. The van der Waals surface area contributed by atoms with Gasteiger partial charge in [0.25, 0.3) is 5.91 Å². The monoisotopic (exact) mass is 397 g/mol. The standard InChI is InChI=1S/C19H27N3O4.ClH/c1-25-16-4-2-15(3-5-16)17(23)21-8-10-22(11-9-21)18(24)19(14-20)6-12-26-13-7-19;/h2-5H,6-14,20H2,1H3;1H. The first-order valence-corrected chi connectivity index (χ1v) is 9.10. The van der Waals surface area contributed by atoms with Crippen LogP contribution in [0.2, 0.25) is 0 Å². The maximum absolute atomic E-state index is 13.0. The zero-order valence-corrected chi connectivity index (χ0v) is 16.5. The third kappa shape index (κ3) is 4.54. The fourth-order valence-electron chi connectivity index (χ4n) is 3.63. The number of rotatable bonds is 4. The Labute approximate surface area is 166 Å². The molecule has 0 bridgehead atoms. The van der Waals surface area contributed by atoms with Gasteiger partial charge in [-0.25, -0.2) is 0 Å². The van der Waals surface area contributed by atoms with Gasteiger partial charge in [-0.15, -0.1) is 12.4 Å². The summed E-state index contributed by atoms with van der Waals surface area (Å²) in [4.78, 5) is 29.3. The molecule has 2 saturated heterocycles. The predicted molar refractivity (Wildman–Crippen MR) is 104 cm³/mol. The number of halogens is 1. The summed E-state index contributed by atoms with van der Waals surface area (Å²) in [6.45, 7) is 3.67. The van der Waals surface area contributed by atoms with Gasteiger partial charge < -0.3 is 25.0 Å². The Morgan fingerprint density at radius 3 is 2.15 bits per heavy atom. The minimum atomic E-state index is -0.500. The Kier molecular flexibility index (Phi) is 7.47. The normalized spacial score (nSPS) is 19.2. The van der Waals surface area contributed by atoms with Crippen LogP contribution in [0.25, 0.3) is 0 Å². The van der Waals surface area contributed by atoms with Gasteiger partial charge in [0.1, 0.15) is 5.75 Å². The Hall–Kier alpha value is -1.83. The second kappa shape index (κ2) is 9.39. The molecule has 0 aliphatic carbocycles. The fraction of sp³-hybridized carbons (Fsp3) is 0.579. The van der Waals surface area contributed by atoms with Gasteiger partial charge in [0.05, 0.1) is 12.5 Å². The van der Waals surface area contributed by atoms with Crippen LogP contribution in [-0.2, 0) is 9.53 Å². The summed E-state index contributed by atoms with van der Waals surface area (Å²) >= 11 is 0. The number of carbonyl (C=O) groups is 2. The van der Waals surface area contributed by atoms with Crippen molar-refractivity contribution >= 4 is 24.2 Å². The molecule has 1 aromatic rings. The largest absolute Gasteiger partial charge is 0.497 e. The van der Waals surface area contributed by atoms with Gasteiger partial charge >= 0.3 is 0 Å². The summed E-state index contributed by atoms with van der Waals surface area (Å²) in [5.74, 6) is 0.819. The lowest BCUT2D eigenvalue weighted by Gasteiger charge is -2.42.